The number of carbonyl (C=O) groups excluding carboxylic acids is 1. The van der Waals surface area contributed by atoms with Crippen molar-refractivity contribution < 1.29 is 15.0 Å². The number of anilines is 1. The third-order valence-corrected chi connectivity index (χ3v) is 7.07. The quantitative estimate of drug-likeness (QED) is 0.350. The molecule has 3 N–H and O–H groups in total. The van der Waals surface area contributed by atoms with Gasteiger partial charge in [0.25, 0.3) is 0 Å². The van der Waals surface area contributed by atoms with E-state index in [2.05, 4.69) is 61.9 Å². The molecule has 2 aromatic heterocycles. The summed E-state index contributed by atoms with van der Waals surface area (Å²) in [6.45, 7) is 4.14. The molecule has 2 aliphatic rings. The van der Waals surface area contributed by atoms with E-state index in [-0.39, 0.29) is 11.7 Å². The molecule has 2 unspecified atom stereocenters. The molecule has 0 saturated heterocycles. The van der Waals surface area contributed by atoms with Crippen LogP contribution in [-0.4, -0.2) is 47.7 Å². The van der Waals surface area contributed by atoms with Gasteiger partial charge in [-0.25, -0.2) is 15.0 Å². The third-order valence-electron chi connectivity index (χ3n) is 6.59. The van der Waals surface area contributed by atoms with Gasteiger partial charge in [-0.3, -0.25) is 4.79 Å². The van der Waals surface area contributed by atoms with Gasteiger partial charge in [-0.2, -0.15) is 0 Å². The summed E-state index contributed by atoms with van der Waals surface area (Å²) < 4.78 is 2.35. The number of nitrogens with zero attached hydrogens (tertiary/aromatic N) is 4. The van der Waals surface area contributed by atoms with Gasteiger partial charge >= 0.3 is 0 Å². The Kier molecular flexibility index (Phi) is 4.60. The van der Waals surface area contributed by atoms with E-state index in [0.29, 0.717) is 33.8 Å². The summed E-state index contributed by atoms with van der Waals surface area (Å²) >= 11 is 2.06. The van der Waals surface area contributed by atoms with Crippen LogP contribution >= 0.6 is 22.6 Å². The Morgan fingerprint density at radius 2 is 2.17 bits per heavy atom. The number of hydrogen-bond acceptors (Lipinski definition) is 7. The molecule has 2 heterocycles. The number of Topliss-reactive ketones (excluding diaryl/α,β-unsaturated/α-hetero) is 1. The van der Waals surface area contributed by atoms with Gasteiger partial charge in [0.2, 0.25) is 0 Å². The summed E-state index contributed by atoms with van der Waals surface area (Å²) in [4.78, 5) is 25.7. The van der Waals surface area contributed by atoms with E-state index in [1.807, 2.05) is 12.1 Å². The third kappa shape index (κ3) is 2.86. The SMILES string of the molecule is CC(=O)[C@@]12CC1[C@@H](n1cnc3c(NCc4cccc(C)c4)nc(I)nc31)[C@H](O)C2O. The minimum Gasteiger partial charge on any atom is -0.389 e. The van der Waals surface area contributed by atoms with Crippen molar-refractivity contribution in [1.82, 2.24) is 19.5 Å². The maximum atomic E-state index is 12.2. The number of aromatic nitrogens is 4. The number of ketones is 1. The molecule has 5 atom stereocenters. The minimum atomic E-state index is -1.07. The van der Waals surface area contributed by atoms with Crippen LogP contribution in [0.1, 0.15) is 30.5 Å². The van der Waals surface area contributed by atoms with Crippen LogP contribution in [0.15, 0.2) is 30.6 Å². The summed E-state index contributed by atoms with van der Waals surface area (Å²) in [5, 5.41) is 24.6. The van der Waals surface area contributed by atoms with E-state index in [4.69, 9.17) is 0 Å². The zero-order chi connectivity index (χ0) is 21.2. The molecule has 2 fully saturated rings. The molecule has 8 nitrogen and oxygen atoms in total. The van der Waals surface area contributed by atoms with E-state index in [9.17, 15) is 15.0 Å². The second-order valence-electron chi connectivity index (χ2n) is 8.34. The molecule has 2 aliphatic carbocycles. The molecule has 30 heavy (non-hydrogen) atoms. The fourth-order valence-electron chi connectivity index (χ4n) is 5.01. The standard InChI is InChI=1S/C21H22IN5O3/c1-10-4-3-5-12(6-10)8-23-18-14-19(26-20(22)25-18)27(9-24-14)15-13-7-21(13,11(2)28)17(30)16(15)29/h3-6,9,13,15-17,29-30H,7-8H2,1-2H3,(H,23,25,26)/t13?,15-,16+,17?,21+/m1/s1. The van der Waals surface area contributed by atoms with Gasteiger partial charge in [-0.05, 0) is 31.7 Å². The summed E-state index contributed by atoms with van der Waals surface area (Å²) in [6.07, 6.45) is 0.0946. The normalized spacial score (nSPS) is 29.8. The van der Waals surface area contributed by atoms with Crippen LogP contribution < -0.4 is 5.32 Å². The van der Waals surface area contributed by atoms with Crippen molar-refractivity contribution in [3.05, 3.63) is 45.6 Å². The van der Waals surface area contributed by atoms with E-state index < -0.39 is 23.7 Å². The van der Waals surface area contributed by atoms with Crippen molar-refractivity contribution in [3.8, 4) is 0 Å². The number of aliphatic hydroxyl groups excluding tert-OH is 2. The Balaban J connectivity index is 1.50. The van der Waals surface area contributed by atoms with Gasteiger partial charge in [0, 0.05) is 29.1 Å². The largest absolute Gasteiger partial charge is 0.389 e. The van der Waals surface area contributed by atoms with Crippen LogP contribution in [0.4, 0.5) is 5.82 Å². The number of aryl methyl sites for hydroxylation is 1. The highest BCUT2D eigenvalue weighted by Gasteiger charge is 2.74. The first-order chi connectivity index (χ1) is 14.3. The first kappa shape index (κ1) is 19.8. The molecule has 0 bridgehead atoms. The average molecular weight is 519 g/mol. The van der Waals surface area contributed by atoms with Crippen molar-refractivity contribution in [2.24, 2.45) is 11.3 Å². The molecule has 0 radical (unpaired) electrons. The fourth-order valence-corrected chi connectivity index (χ4v) is 5.48. The van der Waals surface area contributed by atoms with Crippen molar-refractivity contribution >= 4 is 45.4 Å². The van der Waals surface area contributed by atoms with E-state index in [1.165, 1.54) is 12.5 Å². The van der Waals surface area contributed by atoms with Crippen LogP contribution in [0, 0.1) is 22.1 Å². The van der Waals surface area contributed by atoms with Gasteiger partial charge in [-0.15, -0.1) is 0 Å². The number of halogens is 1. The minimum absolute atomic E-state index is 0.0734. The van der Waals surface area contributed by atoms with Gasteiger partial charge in [-0.1, -0.05) is 29.8 Å². The number of carbonyl (C=O) groups is 1. The molecule has 0 spiro atoms. The Hall–Kier alpha value is -2.11. The van der Waals surface area contributed by atoms with Gasteiger partial charge in [0.05, 0.1) is 23.9 Å². The molecular weight excluding hydrogens is 497 g/mol. The molecular formula is C21H22IN5O3. The van der Waals surface area contributed by atoms with Crippen molar-refractivity contribution in [2.45, 2.75) is 45.1 Å². The lowest BCUT2D eigenvalue weighted by atomic mass is 9.95. The first-order valence-corrected chi connectivity index (χ1v) is 11.0. The smallest absolute Gasteiger partial charge is 0.194 e. The van der Waals surface area contributed by atoms with Crippen molar-refractivity contribution in [2.75, 3.05) is 5.32 Å². The molecule has 0 aliphatic heterocycles. The Morgan fingerprint density at radius 3 is 2.87 bits per heavy atom. The zero-order valence-corrected chi connectivity index (χ0v) is 18.7. The van der Waals surface area contributed by atoms with Gasteiger partial charge in [0.15, 0.2) is 20.8 Å². The Bertz CT molecular complexity index is 1160. The van der Waals surface area contributed by atoms with E-state index in [1.54, 1.807) is 10.9 Å². The molecule has 2 saturated carbocycles. The van der Waals surface area contributed by atoms with Crippen molar-refractivity contribution in [3.63, 3.8) is 0 Å². The number of fused-ring (bicyclic) bond motifs is 2. The lowest BCUT2D eigenvalue weighted by Crippen LogP contribution is -2.36. The maximum absolute atomic E-state index is 12.2. The number of hydrogen-bond donors (Lipinski definition) is 3. The molecule has 9 heteroatoms. The lowest BCUT2D eigenvalue weighted by molar-refractivity contribution is -0.128. The molecule has 1 aromatic carbocycles. The van der Waals surface area contributed by atoms with Gasteiger partial charge < -0.3 is 20.1 Å². The molecule has 0 amide bonds. The van der Waals surface area contributed by atoms with Crippen molar-refractivity contribution in [1.29, 1.82) is 0 Å². The second-order valence-corrected chi connectivity index (χ2v) is 9.31. The van der Waals surface area contributed by atoms with E-state index >= 15 is 0 Å². The van der Waals surface area contributed by atoms with Crippen LogP contribution in [0.5, 0.6) is 0 Å². The highest BCUT2D eigenvalue weighted by Crippen LogP contribution is 2.68. The zero-order valence-electron chi connectivity index (χ0n) is 16.6. The number of rotatable bonds is 5. The summed E-state index contributed by atoms with van der Waals surface area (Å²) in [5.74, 6) is 0.427. The van der Waals surface area contributed by atoms with Crippen LogP contribution in [0.3, 0.4) is 0 Å². The first-order valence-electron chi connectivity index (χ1n) is 9.89. The maximum Gasteiger partial charge on any atom is 0.194 e. The highest BCUT2D eigenvalue weighted by molar-refractivity contribution is 14.1. The van der Waals surface area contributed by atoms with E-state index in [0.717, 1.165) is 5.56 Å². The molecule has 156 valence electrons. The highest BCUT2D eigenvalue weighted by atomic mass is 127. The molecule has 3 aromatic rings. The molecule has 5 rings (SSSR count). The topological polar surface area (TPSA) is 113 Å². The summed E-state index contributed by atoms with van der Waals surface area (Å²) in [6, 6.07) is 7.79. The lowest BCUT2D eigenvalue weighted by Gasteiger charge is -2.23. The number of benzene rings is 1. The number of nitrogens with one attached hydrogen (secondary N) is 1. The van der Waals surface area contributed by atoms with Crippen LogP contribution in [-0.2, 0) is 11.3 Å². The predicted octanol–water partition coefficient (Wildman–Crippen LogP) is 2.22. The monoisotopic (exact) mass is 519 g/mol. The number of imidazole rings is 1. The Labute approximate surface area is 186 Å². The number of aliphatic hydroxyl groups is 2. The van der Waals surface area contributed by atoms with Crippen LogP contribution in [0.25, 0.3) is 11.2 Å². The second kappa shape index (κ2) is 6.96. The fraction of sp³-hybridized carbons (Fsp3) is 0.429. The summed E-state index contributed by atoms with van der Waals surface area (Å²) in [7, 11) is 0. The Morgan fingerprint density at radius 1 is 1.37 bits per heavy atom. The predicted molar refractivity (Wildman–Crippen MR) is 119 cm³/mol. The van der Waals surface area contributed by atoms with Crippen LogP contribution in [0.2, 0.25) is 0 Å². The van der Waals surface area contributed by atoms with Gasteiger partial charge in [0.1, 0.15) is 11.9 Å². The summed E-state index contributed by atoms with van der Waals surface area (Å²) in [5.41, 5.74) is 2.67. The average Bonchev–Trinajstić information content (AvgIpc) is 3.25.